The molecule has 1 aromatic carbocycles. The molecule has 1 aromatic rings. The first-order valence-electron chi connectivity index (χ1n) is 2.53. The topological polar surface area (TPSA) is 0 Å². The molecule has 0 aliphatic heterocycles. The van der Waals surface area contributed by atoms with Gasteiger partial charge >= 0.3 is 0 Å². The quantitative estimate of drug-likeness (QED) is 0.544. The Balaban J connectivity index is 2.94. The van der Waals surface area contributed by atoms with E-state index < -0.39 is 0 Å². The molecule has 0 bridgehead atoms. The molecule has 0 atom stereocenters. The van der Waals surface area contributed by atoms with Gasteiger partial charge in [0.2, 0.25) is 0 Å². The van der Waals surface area contributed by atoms with Gasteiger partial charge in [-0.15, -0.1) is 11.8 Å². The summed E-state index contributed by atoms with van der Waals surface area (Å²) in [6.45, 7) is 0. The Morgan fingerprint density at radius 3 is 2.78 bits per heavy atom. The molecule has 0 fully saturated rings. The molecule has 0 amide bonds. The lowest BCUT2D eigenvalue weighted by Crippen LogP contribution is -1.70. The zero-order chi connectivity index (χ0) is 6.69. The normalized spacial score (nSPS) is 9.56. The number of hydrogen-bond donors (Lipinski definition) is 0. The van der Waals surface area contributed by atoms with Crippen LogP contribution in [0.3, 0.4) is 0 Å². The second-order valence-corrected chi connectivity index (χ2v) is 3.72. The highest BCUT2D eigenvalue weighted by molar-refractivity contribution is 14.1. The largest absolute Gasteiger partial charge is 0.130 e. The zero-order valence-electron chi connectivity index (χ0n) is 5.02. The number of thioether (sulfide) groups is 1. The molecule has 1 rings (SSSR count). The van der Waals surface area contributed by atoms with Crippen molar-refractivity contribution in [2.24, 2.45) is 0 Å². The van der Waals surface area contributed by atoms with Crippen LogP contribution in [0.2, 0.25) is 0 Å². The molecule has 0 spiro atoms. The van der Waals surface area contributed by atoms with Crippen LogP contribution in [0.4, 0.5) is 0 Å². The van der Waals surface area contributed by atoms with E-state index in [2.05, 4.69) is 41.0 Å². The van der Waals surface area contributed by atoms with Crippen molar-refractivity contribution >= 4 is 34.4 Å². The van der Waals surface area contributed by atoms with E-state index in [1.54, 1.807) is 11.8 Å². The van der Waals surface area contributed by atoms with Gasteiger partial charge in [-0.3, -0.25) is 0 Å². The van der Waals surface area contributed by atoms with Gasteiger partial charge in [0.1, 0.15) is 0 Å². The fraction of sp³-hybridized carbons (Fsp3) is 0.143. The summed E-state index contributed by atoms with van der Waals surface area (Å²) in [5.41, 5.74) is 0. The number of halogens is 1. The standard InChI is InChI=1S/C7H6IS/c1-9-7-4-2-3-6(8)5-7/h3-5H,1H3. The monoisotopic (exact) mass is 249 g/mol. The van der Waals surface area contributed by atoms with E-state index >= 15 is 0 Å². The highest BCUT2D eigenvalue weighted by atomic mass is 127. The van der Waals surface area contributed by atoms with Crippen molar-refractivity contribution in [1.82, 2.24) is 0 Å². The van der Waals surface area contributed by atoms with Crippen LogP contribution >= 0.6 is 34.4 Å². The second-order valence-electron chi connectivity index (χ2n) is 1.59. The van der Waals surface area contributed by atoms with Gasteiger partial charge in [-0.2, -0.15) is 0 Å². The van der Waals surface area contributed by atoms with Crippen molar-refractivity contribution in [3.8, 4) is 0 Å². The molecule has 0 aromatic heterocycles. The molecule has 9 heavy (non-hydrogen) atoms. The second kappa shape index (κ2) is 3.46. The predicted octanol–water partition coefficient (Wildman–Crippen LogP) is 2.81. The highest BCUT2D eigenvalue weighted by Crippen LogP contribution is 2.15. The van der Waals surface area contributed by atoms with Crippen molar-refractivity contribution in [2.75, 3.05) is 6.26 Å². The number of rotatable bonds is 1. The van der Waals surface area contributed by atoms with Gasteiger partial charge in [0.15, 0.2) is 0 Å². The van der Waals surface area contributed by atoms with Crippen molar-refractivity contribution in [3.05, 3.63) is 27.8 Å². The van der Waals surface area contributed by atoms with Crippen LogP contribution < -0.4 is 0 Å². The predicted molar refractivity (Wildman–Crippen MR) is 49.8 cm³/mol. The molecular weight excluding hydrogens is 243 g/mol. The molecule has 0 N–H and O–H groups in total. The minimum Gasteiger partial charge on any atom is -0.130 e. The molecule has 0 aliphatic carbocycles. The molecule has 0 unspecified atom stereocenters. The summed E-state index contributed by atoms with van der Waals surface area (Å²) in [5.74, 6) is 0. The van der Waals surface area contributed by atoms with E-state index in [1.807, 2.05) is 12.1 Å². The Morgan fingerprint density at radius 1 is 1.56 bits per heavy atom. The van der Waals surface area contributed by atoms with Gasteiger partial charge in [-0.25, -0.2) is 0 Å². The van der Waals surface area contributed by atoms with Crippen molar-refractivity contribution in [1.29, 1.82) is 0 Å². The summed E-state index contributed by atoms with van der Waals surface area (Å²) in [6, 6.07) is 9.16. The average Bonchev–Trinajstić information content (AvgIpc) is 1.88. The summed E-state index contributed by atoms with van der Waals surface area (Å²) in [6.07, 6.45) is 2.07. The third-order valence-electron chi connectivity index (χ3n) is 0.963. The molecule has 0 heterocycles. The summed E-state index contributed by atoms with van der Waals surface area (Å²) in [7, 11) is 0. The van der Waals surface area contributed by atoms with Crippen LogP contribution in [0.15, 0.2) is 23.1 Å². The summed E-state index contributed by atoms with van der Waals surface area (Å²) in [4.78, 5) is 1.28. The van der Waals surface area contributed by atoms with Gasteiger partial charge in [0.25, 0.3) is 0 Å². The summed E-state index contributed by atoms with van der Waals surface area (Å²) < 4.78 is 1.25. The lowest BCUT2D eigenvalue weighted by Gasteiger charge is -1.93. The van der Waals surface area contributed by atoms with Crippen LogP contribution in [0.1, 0.15) is 0 Å². The number of benzene rings is 1. The molecular formula is C7H6IS. The lowest BCUT2D eigenvalue weighted by molar-refractivity contribution is 1.43. The molecule has 2 heteroatoms. The Bertz CT molecular complexity index is 198. The molecule has 0 saturated carbocycles. The van der Waals surface area contributed by atoms with E-state index in [9.17, 15) is 0 Å². The van der Waals surface area contributed by atoms with Crippen molar-refractivity contribution in [3.63, 3.8) is 0 Å². The SMILES string of the molecule is CSc1c[c]cc(I)c1. The van der Waals surface area contributed by atoms with Gasteiger partial charge in [0, 0.05) is 8.47 Å². The van der Waals surface area contributed by atoms with Crippen LogP contribution in [0, 0.1) is 9.64 Å². The smallest absolute Gasteiger partial charge is 0.0147 e. The van der Waals surface area contributed by atoms with Gasteiger partial charge in [0.05, 0.1) is 0 Å². The minimum absolute atomic E-state index is 1.25. The average molecular weight is 249 g/mol. The van der Waals surface area contributed by atoms with Crippen LogP contribution in [0.25, 0.3) is 0 Å². The fourth-order valence-corrected chi connectivity index (χ4v) is 1.70. The minimum atomic E-state index is 1.25. The van der Waals surface area contributed by atoms with E-state index in [-0.39, 0.29) is 0 Å². The third-order valence-corrected chi connectivity index (χ3v) is 2.29. The maximum atomic E-state index is 3.05. The van der Waals surface area contributed by atoms with E-state index in [0.717, 1.165) is 0 Å². The van der Waals surface area contributed by atoms with Gasteiger partial charge in [-0.1, -0.05) is 0 Å². The first-order valence-corrected chi connectivity index (χ1v) is 4.84. The molecule has 0 saturated heterocycles. The van der Waals surface area contributed by atoms with Crippen LogP contribution in [0.5, 0.6) is 0 Å². The third kappa shape index (κ3) is 2.18. The Labute approximate surface area is 73.2 Å². The first-order chi connectivity index (χ1) is 4.33. The van der Waals surface area contributed by atoms with E-state index in [1.165, 1.54) is 8.47 Å². The first kappa shape index (κ1) is 7.41. The Hall–Kier alpha value is 0.300. The van der Waals surface area contributed by atoms with E-state index in [0.29, 0.717) is 0 Å². The Morgan fingerprint density at radius 2 is 2.33 bits per heavy atom. The molecule has 47 valence electrons. The van der Waals surface area contributed by atoms with E-state index in [4.69, 9.17) is 0 Å². The van der Waals surface area contributed by atoms with Gasteiger partial charge in [-0.05, 0) is 53.1 Å². The van der Waals surface area contributed by atoms with Crippen molar-refractivity contribution in [2.45, 2.75) is 4.90 Å². The summed E-state index contributed by atoms with van der Waals surface area (Å²) in [5, 5.41) is 0. The maximum absolute atomic E-state index is 3.05. The molecule has 0 aliphatic rings. The molecule has 1 radical (unpaired) electrons. The van der Waals surface area contributed by atoms with Crippen molar-refractivity contribution < 1.29 is 0 Å². The molecule has 0 nitrogen and oxygen atoms in total. The highest BCUT2D eigenvalue weighted by Gasteiger charge is 1.88. The Kier molecular flexibility index (Phi) is 2.85. The fourth-order valence-electron chi connectivity index (χ4n) is 0.540. The lowest BCUT2D eigenvalue weighted by atomic mass is 10.4. The van der Waals surface area contributed by atoms with Crippen LogP contribution in [-0.2, 0) is 0 Å². The summed E-state index contributed by atoms with van der Waals surface area (Å²) >= 11 is 4.03. The maximum Gasteiger partial charge on any atom is 0.0147 e. The number of hydrogen-bond acceptors (Lipinski definition) is 1. The van der Waals surface area contributed by atoms with Crippen LogP contribution in [-0.4, -0.2) is 6.26 Å². The zero-order valence-corrected chi connectivity index (χ0v) is 7.99. The van der Waals surface area contributed by atoms with Gasteiger partial charge < -0.3 is 0 Å².